The number of aliphatic hydroxyl groups is 1. The average molecular weight is 171 g/mol. The zero-order valence-electron chi connectivity index (χ0n) is 7.84. The molecule has 1 amide bonds. The van der Waals surface area contributed by atoms with Gasteiger partial charge in [-0.3, -0.25) is 4.79 Å². The number of hydrogen-bond acceptors (Lipinski definition) is 2. The van der Waals surface area contributed by atoms with Gasteiger partial charge in [0.1, 0.15) is 0 Å². The minimum atomic E-state index is -0.385. The van der Waals surface area contributed by atoms with Crippen LogP contribution in [0.2, 0.25) is 0 Å². The molecular weight excluding hydrogens is 154 g/mol. The predicted molar refractivity (Wildman–Crippen MR) is 46.7 cm³/mol. The zero-order chi connectivity index (χ0) is 9.19. The number of carbonyl (C=O) groups is 1. The maximum Gasteiger partial charge on any atom is 0.230 e. The maximum absolute atomic E-state index is 11.6. The van der Waals surface area contributed by atoms with Crippen molar-refractivity contribution >= 4 is 5.91 Å². The van der Waals surface area contributed by atoms with E-state index in [2.05, 4.69) is 0 Å². The van der Waals surface area contributed by atoms with Crippen LogP contribution in [0.25, 0.3) is 0 Å². The second-order valence-electron chi connectivity index (χ2n) is 3.67. The van der Waals surface area contributed by atoms with Gasteiger partial charge in [0.25, 0.3) is 0 Å². The van der Waals surface area contributed by atoms with E-state index < -0.39 is 0 Å². The van der Waals surface area contributed by atoms with Crippen molar-refractivity contribution in [3.05, 3.63) is 0 Å². The van der Waals surface area contributed by atoms with Crippen molar-refractivity contribution in [3.8, 4) is 0 Å². The Kier molecular flexibility index (Phi) is 2.73. The molecule has 0 aliphatic heterocycles. The molecule has 0 radical (unpaired) electrons. The van der Waals surface area contributed by atoms with Gasteiger partial charge in [-0.2, -0.15) is 0 Å². The van der Waals surface area contributed by atoms with E-state index in [1.54, 1.807) is 4.90 Å². The van der Waals surface area contributed by atoms with Crippen molar-refractivity contribution in [2.24, 2.45) is 5.41 Å². The van der Waals surface area contributed by atoms with Crippen LogP contribution in [0.15, 0.2) is 0 Å². The Hall–Kier alpha value is -0.570. The van der Waals surface area contributed by atoms with E-state index >= 15 is 0 Å². The van der Waals surface area contributed by atoms with Crippen molar-refractivity contribution in [2.45, 2.75) is 26.2 Å². The minimum absolute atomic E-state index is 0.0138. The Bertz CT molecular complexity index is 175. The third kappa shape index (κ3) is 1.61. The SMILES string of the molecule is CCCN(C)C(=O)C1(CO)CC1. The van der Waals surface area contributed by atoms with E-state index in [9.17, 15) is 4.79 Å². The molecular formula is C9H17NO2. The van der Waals surface area contributed by atoms with Gasteiger partial charge in [-0.1, -0.05) is 6.92 Å². The van der Waals surface area contributed by atoms with Crippen LogP contribution in [0.1, 0.15) is 26.2 Å². The molecule has 0 aromatic carbocycles. The molecule has 3 heteroatoms. The van der Waals surface area contributed by atoms with Crippen LogP contribution in [0.4, 0.5) is 0 Å². The maximum atomic E-state index is 11.6. The molecule has 1 rings (SSSR count). The first kappa shape index (κ1) is 9.52. The van der Waals surface area contributed by atoms with Gasteiger partial charge < -0.3 is 10.0 Å². The Labute approximate surface area is 73.4 Å². The highest BCUT2D eigenvalue weighted by Crippen LogP contribution is 2.46. The molecule has 0 heterocycles. The molecule has 3 nitrogen and oxygen atoms in total. The van der Waals surface area contributed by atoms with Crippen LogP contribution in [-0.4, -0.2) is 36.1 Å². The molecule has 0 saturated heterocycles. The largest absolute Gasteiger partial charge is 0.395 e. The normalized spacial score (nSPS) is 18.9. The van der Waals surface area contributed by atoms with Crippen LogP contribution in [-0.2, 0) is 4.79 Å². The lowest BCUT2D eigenvalue weighted by atomic mass is 10.1. The number of rotatable bonds is 4. The van der Waals surface area contributed by atoms with E-state index in [0.717, 1.165) is 25.8 Å². The molecule has 12 heavy (non-hydrogen) atoms. The number of nitrogens with zero attached hydrogens (tertiary/aromatic N) is 1. The van der Waals surface area contributed by atoms with Crippen LogP contribution in [0.5, 0.6) is 0 Å². The number of amides is 1. The molecule has 1 aliphatic rings. The first-order valence-electron chi connectivity index (χ1n) is 4.53. The fourth-order valence-electron chi connectivity index (χ4n) is 1.43. The molecule has 1 N–H and O–H groups in total. The molecule has 1 fully saturated rings. The summed E-state index contributed by atoms with van der Waals surface area (Å²) in [6.07, 6.45) is 2.69. The summed E-state index contributed by atoms with van der Waals surface area (Å²) in [6.45, 7) is 2.85. The van der Waals surface area contributed by atoms with Crippen LogP contribution in [0.3, 0.4) is 0 Å². The topological polar surface area (TPSA) is 40.5 Å². The molecule has 1 saturated carbocycles. The molecule has 70 valence electrons. The predicted octanol–water partition coefficient (Wildman–Crippen LogP) is 0.627. The van der Waals surface area contributed by atoms with Gasteiger partial charge in [0, 0.05) is 13.6 Å². The van der Waals surface area contributed by atoms with Crippen LogP contribution >= 0.6 is 0 Å². The number of aliphatic hydroxyl groups excluding tert-OH is 1. The fourth-order valence-corrected chi connectivity index (χ4v) is 1.43. The molecule has 0 aromatic rings. The summed E-state index contributed by atoms with van der Waals surface area (Å²) in [5, 5.41) is 9.00. The molecule has 0 atom stereocenters. The second-order valence-corrected chi connectivity index (χ2v) is 3.67. The van der Waals surface area contributed by atoms with Crippen molar-refractivity contribution in [1.29, 1.82) is 0 Å². The first-order chi connectivity index (χ1) is 5.66. The van der Waals surface area contributed by atoms with E-state index in [4.69, 9.17) is 5.11 Å². The van der Waals surface area contributed by atoms with E-state index in [1.807, 2.05) is 14.0 Å². The lowest BCUT2D eigenvalue weighted by Gasteiger charge is -2.21. The van der Waals surface area contributed by atoms with E-state index in [0.29, 0.717) is 0 Å². The summed E-state index contributed by atoms with van der Waals surface area (Å²) in [4.78, 5) is 13.3. The molecule has 1 aliphatic carbocycles. The highest BCUT2D eigenvalue weighted by molar-refractivity contribution is 5.85. The summed E-state index contributed by atoms with van der Waals surface area (Å²) in [6, 6.07) is 0. The monoisotopic (exact) mass is 171 g/mol. The van der Waals surface area contributed by atoms with Gasteiger partial charge in [0.05, 0.1) is 12.0 Å². The number of hydrogen-bond donors (Lipinski definition) is 1. The van der Waals surface area contributed by atoms with Crippen molar-refractivity contribution in [2.75, 3.05) is 20.2 Å². The molecule has 0 aromatic heterocycles. The smallest absolute Gasteiger partial charge is 0.230 e. The lowest BCUT2D eigenvalue weighted by molar-refractivity contribution is -0.137. The standard InChI is InChI=1S/C9H17NO2/c1-3-6-10(2)8(12)9(7-11)4-5-9/h11H,3-7H2,1-2H3. The molecule has 0 unspecified atom stereocenters. The Morgan fingerprint density at radius 2 is 2.17 bits per heavy atom. The van der Waals surface area contributed by atoms with Crippen molar-refractivity contribution in [3.63, 3.8) is 0 Å². The van der Waals surface area contributed by atoms with Gasteiger partial charge in [-0.25, -0.2) is 0 Å². The third-order valence-corrected chi connectivity index (χ3v) is 2.52. The van der Waals surface area contributed by atoms with E-state index in [1.165, 1.54) is 0 Å². The van der Waals surface area contributed by atoms with Crippen molar-refractivity contribution in [1.82, 2.24) is 4.90 Å². The quantitative estimate of drug-likeness (QED) is 0.674. The zero-order valence-corrected chi connectivity index (χ0v) is 7.84. The highest BCUT2D eigenvalue weighted by Gasteiger charge is 2.50. The van der Waals surface area contributed by atoms with Gasteiger partial charge in [0.15, 0.2) is 0 Å². The van der Waals surface area contributed by atoms with Crippen molar-refractivity contribution < 1.29 is 9.90 Å². The lowest BCUT2D eigenvalue weighted by Crippen LogP contribution is -2.36. The Morgan fingerprint density at radius 1 is 1.58 bits per heavy atom. The number of carbonyl (C=O) groups excluding carboxylic acids is 1. The summed E-state index contributed by atoms with van der Waals surface area (Å²) in [5.74, 6) is 0.117. The highest BCUT2D eigenvalue weighted by atomic mass is 16.3. The van der Waals surface area contributed by atoms with Crippen LogP contribution < -0.4 is 0 Å². The van der Waals surface area contributed by atoms with Gasteiger partial charge >= 0.3 is 0 Å². The van der Waals surface area contributed by atoms with Gasteiger partial charge in [-0.15, -0.1) is 0 Å². The van der Waals surface area contributed by atoms with Gasteiger partial charge in [0.2, 0.25) is 5.91 Å². The Morgan fingerprint density at radius 3 is 2.50 bits per heavy atom. The van der Waals surface area contributed by atoms with E-state index in [-0.39, 0.29) is 17.9 Å². The summed E-state index contributed by atoms with van der Waals surface area (Å²) in [5.41, 5.74) is -0.385. The summed E-state index contributed by atoms with van der Waals surface area (Å²) >= 11 is 0. The summed E-state index contributed by atoms with van der Waals surface area (Å²) < 4.78 is 0. The van der Waals surface area contributed by atoms with Crippen LogP contribution in [0, 0.1) is 5.41 Å². The Balaban J connectivity index is 2.46. The van der Waals surface area contributed by atoms with Gasteiger partial charge in [-0.05, 0) is 19.3 Å². The average Bonchev–Trinajstić information content (AvgIpc) is 2.84. The fraction of sp³-hybridized carbons (Fsp3) is 0.889. The molecule has 0 bridgehead atoms. The summed E-state index contributed by atoms with van der Waals surface area (Å²) in [7, 11) is 1.81. The first-order valence-corrected chi connectivity index (χ1v) is 4.53. The molecule has 0 spiro atoms. The minimum Gasteiger partial charge on any atom is -0.395 e. The third-order valence-electron chi connectivity index (χ3n) is 2.52. The second kappa shape index (κ2) is 3.44.